The molecule has 1 amide bonds. The van der Waals surface area contributed by atoms with Crippen molar-refractivity contribution in [3.63, 3.8) is 0 Å². The number of ether oxygens (including phenoxy) is 1. The van der Waals surface area contributed by atoms with Gasteiger partial charge >= 0.3 is 0 Å². The van der Waals surface area contributed by atoms with Crippen LogP contribution in [0.1, 0.15) is 5.56 Å². The number of benzene rings is 3. The quantitative estimate of drug-likeness (QED) is 0.143. The van der Waals surface area contributed by atoms with Crippen molar-refractivity contribution in [1.29, 1.82) is 0 Å². The van der Waals surface area contributed by atoms with E-state index in [4.69, 9.17) is 32.4 Å². The molecule has 0 spiro atoms. The number of alkyl halides is 2. The van der Waals surface area contributed by atoms with E-state index in [0.717, 1.165) is 11.3 Å². The van der Waals surface area contributed by atoms with Gasteiger partial charge in [0, 0.05) is 36.6 Å². The number of hydrogen-bond acceptors (Lipinski definition) is 6. The molecule has 1 N–H and O–H groups in total. The number of carbonyl (C=O) groups excluding carboxylic acids is 1. The molecule has 0 bridgehead atoms. The number of hydrogen-bond donors (Lipinski definition) is 1. The van der Waals surface area contributed by atoms with E-state index in [-0.39, 0.29) is 12.0 Å². The summed E-state index contributed by atoms with van der Waals surface area (Å²) in [6.45, 7) is 1.17. The number of anilines is 1. The second kappa shape index (κ2) is 11.7. The summed E-state index contributed by atoms with van der Waals surface area (Å²) in [7, 11) is 0. The van der Waals surface area contributed by atoms with E-state index in [9.17, 15) is 9.59 Å². The first-order valence-corrected chi connectivity index (χ1v) is 12.0. The maximum absolute atomic E-state index is 12.6. The molecule has 0 fully saturated rings. The Bertz CT molecular complexity index is 1400. The Morgan fingerprint density at radius 2 is 1.69 bits per heavy atom. The lowest BCUT2D eigenvalue weighted by atomic mass is 10.1. The van der Waals surface area contributed by atoms with Crippen molar-refractivity contribution in [3.05, 3.63) is 82.5 Å². The molecule has 180 valence electrons. The van der Waals surface area contributed by atoms with Gasteiger partial charge in [0.05, 0.1) is 17.0 Å². The van der Waals surface area contributed by atoms with Crippen LogP contribution in [0.15, 0.2) is 81.0 Å². The van der Waals surface area contributed by atoms with Crippen LogP contribution in [0.5, 0.6) is 5.75 Å². The summed E-state index contributed by atoms with van der Waals surface area (Å²) in [6.07, 6.45) is 1.55. The maximum Gasteiger partial charge on any atom is 0.277 e. The summed E-state index contributed by atoms with van der Waals surface area (Å²) in [6, 6.07) is 19.6. The molecular formula is C26H23Cl2N3O4. The number of carbonyl (C=O) groups is 1. The number of para-hydroxylation sites is 1. The van der Waals surface area contributed by atoms with E-state index in [1.54, 1.807) is 48.7 Å². The van der Waals surface area contributed by atoms with Crippen molar-refractivity contribution < 1.29 is 13.9 Å². The van der Waals surface area contributed by atoms with Gasteiger partial charge in [0.2, 0.25) is 5.43 Å². The average Bonchev–Trinajstić information content (AvgIpc) is 2.88. The molecular weight excluding hydrogens is 489 g/mol. The molecule has 4 rings (SSSR count). The minimum Gasteiger partial charge on any atom is -0.484 e. The molecule has 0 saturated heterocycles. The highest BCUT2D eigenvalue weighted by Gasteiger charge is 2.09. The number of fused-ring (bicyclic) bond motifs is 2. The molecule has 0 unspecified atom stereocenters. The standard InChI is InChI=1S/C26H23Cl2N3O4/c27-11-13-31(14-12-28)19-7-5-18(6-8-19)16-29-30-25(32)17-34-20-9-10-22-24(15-20)35-23-4-2-1-3-21(23)26(22)33/h1-10,15-16H,11-14,17H2,(H,30,32)/b29-16+. The van der Waals surface area contributed by atoms with E-state index in [2.05, 4.69) is 15.4 Å². The van der Waals surface area contributed by atoms with Crippen LogP contribution in [-0.4, -0.2) is 43.6 Å². The zero-order valence-corrected chi connectivity index (χ0v) is 20.3. The van der Waals surface area contributed by atoms with Gasteiger partial charge in [0.1, 0.15) is 16.9 Å². The fourth-order valence-corrected chi connectivity index (χ4v) is 3.98. The van der Waals surface area contributed by atoms with E-state index in [1.165, 1.54) is 0 Å². The van der Waals surface area contributed by atoms with Crippen LogP contribution in [0.25, 0.3) is 21.9 Å². The Kier molecular flexibility index (Phi) is 8.23. The van der Waals surface area contributed by atoms with Crippen molar-refractivity contribution in [2.24, 2.45) is 5.10 Å². The first kappa shape index (κ1) is 24.6. The van der Waals surface area contributed by atoms with Gasteiger partial charge in [-0.15, -0.1) is 23.2 Å². The summed E-state index contributed by atoms with van der Waals surface area (Å²) >= 11 is 11.7. The van der Waals surface area contributed by atoms with Gasteiger partial charge < -0.3 is 14.1 Å². The van der Waals surface area contributed by atoms with E-state index >= 15 is 0 Å². The van der Waals surface area contributed by atoms with E-state index in [0.29, 0.717) is 52.5 Å². The number of nitrogens with zero attached hydrogens (tertiary/aromatic N) is 2. The summed E-state index contributed by atoms with van der Waals surface area (Å²) < 4.78 is 11.4. The Morgan fingerprint density at radius 1 is 0.971 bits per heavy atom. The van der Waals surface area contributed by atoms with Crippen LogP contribution in [0.4, 0.5) is 5.69 Å². The molecule has 1 aromatic heterocycles. The van der Waals surface area contributed by atoms with Gasteiger partial charge in [-0.1, -0.05) is 24.3 Å². The zero-order valence-electron chi connectivity index (χ0n) is 18.7. The molecule has 4 aromatic rings. The normalized spacial score (nSPS) is 11.3. The Hall–Kier alpha value is -3.55. The van der Waals surface area contributed by atoms with Crippen LogP contribution >= 0.6 is 23.2 Å². The van der Waals surface area contributed by atoms with Gasteiger partial charge in [-0.2, -0.15) is 5.10 Å². The average molecular weight is 512 g/mol. The first-order chi connectivity index (χ1) is 17.1. The molecule has 0 aliphatic heterocycles. The summed E-state index contributed by atoms with van der Waals surface area (Å²) in [5.41, 5.74) is 5.05. The molecule has 35 heavy (non-hydrogen) atoms. The topological polar surface area (TPSA) is 84.1 Å². The monoisotopic (exact) mass is 511 g/mol. The third-order valence-electron chi connectivity index (χ3n) is 5.29. The minimum absolute atomic E-state index is 0.112. The summed E-state index contributed by atoms with van der Waals surface area (Å²) in [5.74, 6) is 1.01. The fourth-order valence-electron chi connectivity index (χ4n) is 3.58. The molecule has 1 heterocycles. The smallest absolute Gasteiger partial charge is 0.277 e. The Morgan fingerprint density at radius 3 is 2.43 bits per heavy atom. The highest BCUT2D eigenvalue weighted by atomic mass is 35.5. The molecule has 0 radical (unpaired) electrons. The van der Waals surface area contributed by atoms with Gasteiger partial charge in [0.25, 0.3) is 5.91 Å². The van der Waals surface area contributed by atoms with E-state index < -0.39 is 5.91 Å². The van der Waals surface area contributed by atoms with Crippen molar-refractivity contribution in [2.75, 3.05) is 36.4 Å². The largest absolute Gasteiger partial charge is 0.484 e. The lowest BCUT2D eigenvalue weighted by Gasteiger charge is -2.22. The van der Waals surface area contributed by atoms with Crippen LogP contribution in [0, 0.1) is 0 Å². The lowest BCUT2D eigenvalue weighted by molar-refractivity contribution is -0.123. The molecule has 0 saturated carbocycles. The lowest BCUT2D eigenvalue weighted by Crippen LogP contribution is -2.27. The number of amides is 1. The van der Waals surface area contributed by atoms with Crippen molar-refractivity contribution in [3.8, 4) is 5.75 Å². The van der Waals surface area contributed by atoms with Crippen molar-refractivity contribution >= 4 is 62.9 Å². The molecule has 0 aliphatic rings. The molecule has 0 atom stereocenters. The molecule has 0 aliphatic carbocycles. The van der Waals surface area contributed by atoms with E-state index in [1.807, 2.05) is 24.3 Å². The number of hydrazone groups is 1. The third-order valence-corrected chi connectivity index (χ3v) is 5.63. The van der Waals surface area contributed by atoms with Crippen molar-refractivity contribution in [1.82, 2.24) is 5.43 Å². The highest BCUT2D eigenvalue weighted by molar-refractivity contribution is 6.18. The fraction of sp³-hybridized carbons (Fsp3) is 0.192. The van der Waals surface area contributed by atoms with Gasteiger partial charge in [-0.3, -0.25) is 9.59 Å². The van der Waals surface area contributed by atoms with Gasteiger partial charge in [-0.05, 0) is 42.0 Å². The summed E-state index contributed by atoms with van der Waals surface area (Å²) in [4.78, 5) is 26.8. The second-order valence-electron chi connectivity index (χ2n) is 7.62. The van der Waals surface area contributed by atoms with Gasteiger partial charge in [-0.25, -0.2) is 5.43 Å². The van der Waals surface area contributed by atoms with Crippen LogP contribution in [-0.2, 0) is 4.79 Å². The van der Waals surface area contributed by atoms with Crippen LogP contribution in [0.2, 0.25) is 0 Å². The van der Waals surface area contributed by atoms with Crippen molar-refractivity contribution in [2.45, 2.75) is 0 Å². The third kappa shape index (κ3) is 6.12. The predicted molar refractivity (Wildman–Crippen MR) is 141 cm³/mol. The minimum atomic E-state index is -0.423. The molecule has 3 aromatic carbocycles. The van der Waals surface area contributed by atoms with Gasteiger partial charge in [0.15, 0.2) is 6.61 Å². The maximum atomic E-state index is 12.6. The van der Waals surface area contributed by atoms with Crippen LogP contribution in [0.3, 0.4) is 0 Å². The summed E-state index contributed by atoms with van der Waals surface area (Å²) in [5, 5.41) is 4.94. The number of halogens is 2. The highest BCUT2D eigenvalue weighted by Crippen LogP contribution is 2.22. The number of rotatable bonds is 10. The SMILES string of the molecule is O=C(COc1ccc2c(=O)c3ccccc3oc2c1)N/N=C/c1ccc(N(CCCl)CCCl)cc1. The Balaban J connectivity index is 1.33. The molecule has 9 heteroatoms. The Labute approximate surface area is 211 Å². The second-order valence-corrected chi connectivity index (χ2v) is 8.38. The zero-order chi connectivity index (χ0) is 24.6. The first-order valence-electron chi connectivity index (χ1n) is 11.0. The predicted octanol–water partition coefficient (Wildman–Crippen LogP) is 4.76. The number of nitrogens with one attached hydrogen (secondary N) is 1. The van der Waals surface area contributed by atoms with Crippen LogP contribution < -0.4 is 20.5 Å². The molecule has 7 nitrogen and oxygen atoms in total.